The van der Waals surface area contributed by atoms with Gasteiger partial charge in [-0.1, -0.05) is 25.1 Å². The summed E-state index contributed by atoms with van der Waals surface area (Å²) in [5.74, 6) is 2.14. The van der Waals surface area contributed by atoms with Gasteiger partial charge in [-0.15, -0.1) is 0 Å². The molecule has 5 nitrogen and oxygen atoms in total. The summed E-state index contributed by atoms with van der Waals surface area (Å²) >= 11 is 0. The highest BCUT2D eigenvalue weighted by Crippen LogP contribution is 2.29. The van der Waals surface area contributed by atoms with Gasteiger partial charge in [-0.05, 0) is 37.6 Å². The van der Waals surface area contributed by atoms with Crippen molar-refractivity contribution in [1.82, 2.24) is 9.88 Å². The Kier molecular flexibility index (Phi) is 3.92. The van der Waals surface area contributed by atoms with E-state index < -0.39 is 6.10 Å². The van der Waals surface area contributed by atoms with Crippen LogP contribution < -0.4 is 4.74 Å². The molecule has 1 atom stereocenters. The molecule has 3 heterocycles. The lowest BCUT2D eigenvalue weighted by atomic mass is 10.1. The zero-order valence-electron chi connectivity index (χ0n) is 14.4. The molecule has 1 aliphatic heterocycles. The van der Waals surface area contributed by atoms with Crippen LogP contribution >= 0.6 is 0 Å². The van der Waals surface area contributed by atoms with Gasteiger partial charge in [0.05, 0.1) is 18.6 Å². The number of rotatable bonds is 3. The molecule has 0 N–H and O–H groups in total. The number of hydrogen-bond acceptors (Lipinski definition) is 4. The maximum Gasteiger partial charge on any atom is 0.264 e. The van der Waals surface area contributed by atoms with Gasteiger partial charge in [-0.25, -0.2) is 4.98 Å². The lowest BCUT2D eigenvalue weighted by Crippen LogP contribution is -2.38. The minimum absolute atomic E-state index is 0.0291. The molecule has 1 aromatic carbocycles. The smallest absolute Gasteiger partial charge is 0.264 e. The number of nitrogens with zero attached hydrogens (tertiary/aromatic N) is 2. The second-order valence-electron chi connectivity index (χ2n) is 6.37. The molecular formula is C20H20N2O3. The molecule has 1 amide bonds. The molecule has 5 heteroatoms. The molecule has 2 aromatic heterocycles. The van der Waals surface area contributed by atoms with Gasteiger partial charge in [-0.3, -0.25) is 4.79 Å². The van der Waals surface area contributed by atoms with E-state index in [1.54, 1.807) is 4.90 Å². The minimum Gasteiger partial charge on any atom is -0.464 e. The third-order valence-electron chi connectivity index (χ3n) is 4.48. The van der Waals surface area contributed by atoms with E-state index in [2.05, 4.69) is 11.1 Å². The summed E-state index contributed by atoms with van der Waals surface area (Å²) in [4.78, 5) is 19.3. The average molecular weight is 336 g/mol. The normalized spacial score (nSPS) is 17.3. The first-order chi connectivity index (χ1) is 12.1. The maximum absolute atomic E-state index is 12.9. The van der Waals surface area contributed by atoms with Crippen molar-refractivity contribution in [3.63, 3.8) is 0 Å². The predicted molar refractivity (Wildman–Crippen MR) is 94.1 cm³/mol. The van der Waals surface area contributed by atoms with E-state index in [-0.39, 0.29) is 5.91 Å². The molecule has 4 rings (SSSR count). The number of para-hydroxylation sites is 1. The van der Waals surface area contributed by atoms with Gasteiger partial charge in [0.2, 0.25) is 5.88 Å². The molecule has 0 saturated carbocycles. The molecule has 128 valence electrons. The summed E-state index contributed by atoms with van der Waals surface area (Å²) in [5, 5.41) is 1.04. The Morgan fingerprint density at radius 1 is 1.24 bits per heavy atom. The number of aryl methyl sites for hydroxylation is 1. The van der Waals surface area contributed by atoms with Crippen molar-refractivity contribution in [2.75, 3.05) is 0 Å². The summed E-state index contributed by atoms with van der Waals surface area (Å²) in [7, 11) is 0. The quantitative estimate of drug-likeness (QED) is 0.729. The monoisotopic (exact) mass is 336 g/mol. The molecule has 3 aromatic rings. The Morgan fingerprint density at radius 2 is 2.08 bits per heavy atom. The number of amides is 1. The lowest BCUT2D eigenvalue weighted by Gasteiger charge is -2.22. The van der Waals surface area contributed by atoms with E-state index in [4.69, 9.17) is 9.15 Å². The molecule has 0 unspecified atom stereocenters. The van der Waals surface area contributed by atoms with Crippen molar-refractivity contribution >= 4 is 16.8 Å². The fourth-order valence-corrected chi connectivity index (χ4v) is 3.18. The van der Waals surface area contributed by atoms with E-state index in [0.717, 1.165) is 28.0 Å². The van der Waals surface area contributed by atoms with Crippen molar-refractivity contribution < 1.29 is 13.9 Å². The van der Waals surface area contributed by atoms with Crippen LogP contribution in [-0.4, -0.2) is 21.9 Å². The zero-order chi connectivity index (χ0) is 17.4. The van der Waals surface area contributed by atoms with E-state index >= 15 is 0 Å². The molecule has 0 saturated heterocycles. The third-order valence-corrected chi connectivity index (χ3v) is 4.48. The number of hydrogen-bond donors (Lipinski definition) is 0. The van der Waals surface area contributed by atoms with Crippen molar-refractivity contribution in [3.8, 4) is 5.88 Å². The largest absolute Gasteiger partial charge is 0.464 e. The molecular weight excluding hydrogens is 316 g/mol. The van der Waals surface area contributed by atoms with Crippen LogP contribution in [0, 0.1) is 6.92 Å². The number of pyridine rings is 1. The molecule has 0 radical (unpaired) electrons. The van der Waals surface area contributed by atoms with Crippen LogP contribution in [0.5, 0.6) is 5.88 Å². The minimum atomic E-state index is -0.522. The number of aromatic nitrogens is 1. The summed E-state index contributed by atoms with van der Waals surface area (Å²) in [6.07, 6.45) is 0.0754. The fraction of sp³-hybridized carbons (Fsp3) is 0.300. The van der Waals surface area contributed by atoms with Gasteiger partial charge in [0.1, 0.15) is 11.5 Å². The van der Waals surface area contributed by atoms with Crippen LogP contribution in [0.4, 0.5) is 0 Å². The molecule has 0 fully saturated rings. The van der Waals surface area contributed by atoms with E-state index in [9.17, 15) is 4.79 Å². The van der Waals surface area contributed by atoms with E-state index in [1.165, 1.54) is 0 Å². The molecule has 0 bridgehead atoms. The number of fused-ring (bicyclic) bond motifs is 2. The average Bonchev–Trinajstić information content (AvgIpc) is 2.97. The van der Waals surface area contributed by atoms with Gasteiger partial charge >= 0.3 is 0 Å². The zero-order valence-corrected chi connectivity index (χ0v) is 14.4. The van der Waals surface area contributed by atoms with Gasteiger partial charge in [-0.2, -0.15) is 0 Å². The summed E-state index contributed by atoms with van der Waals surface area (Å²) in [6.45, 7) is 4.74. The second-order valence-corrected chi connectivity index (χ2v) is 6.37. The maximum atomic E-state index is 12.9. The van der Waals surface area contributed by atoms with Crippen LogP contribution in [-0.2, 0) is 17.9 Å². The Labute approximate surface area is 146 Å². The summed E-state index contributed by atoms with van der Waals surface area (Å²) in [5.41, 5.74) is 1.80. The summed E-state index contributed by atoms with van der Waals surface area (Å²) < 4.78 is 11.6. The highest BCUT2D eigenvalue weighted by molar-refractivity contribution is 5.84. The van der Waals surface area contributed by atoms with Gasteiger partial charge in [0, 0.05) is 10.9 Å². The van der Waals surface area contributed by atoms with Crippen molar-refractivity contribution in [2.24, 2.45) is 0 Å². The molecule has 1 aliphatic rings. The van der Waals surface area contributed by atoms with Crippen LogP contribution in [0.15, 0.2) is 46.9 Å². The predicted octanol–water partition coefficient (Wildman–Crippen LogP) is 3.84. The van der Waals surface area contributed by atoms with Gasteiger partial charge < -0.3 is 14.1 Å². The van der Waals surface area contributed by atoms with Crippen molar-refractivity contribution in [3.05, 3.63) is 59.5 Å². The van der Waals surface area contributed by atoms with Crippen LogP contribution in [0.2, 0.25) is 0 Å². The van der Waals surface area contributed by atoms with Crippen LogP contribution in [0.25, 0.3) is 10.9 Å². The number of carbonyl (C=O) groups excluding carboxylic acids is 1. The number of furan rings is 1. The van der Waals surface area contributed by atoms with Crippen LogP contribution in [0.3, 0.4) is 0 Å². The standard InChI is InChI=1S/C20H20N2O3/c1-3-18-20(23)22(12-16-9-8-13(2)24-16)11-15-10-14-6-4-5-7-17(14)21-19(15)25-18/h4-10,18H,3,11-12H2,1-2H3/t18-/m1/s1. The Morgan fingerprint density at radius 3 is 2.84 bits per heavy atom. The van der Waals surface area contributed by atoms with E-state index in [1.807, 2.05) is 50.2 Å². The number of ether oxygens (including phenoxy) is 1. The first kappa shape index (κ1) is 15.7. The van der Waals surface area contributed by atoms with E-state index in [0.29, 0.717) is 25.4 Å². The Balaban J connectivity index is 1.73. The second kappa shape index (κ2) is 6.24. The first-order valence-corrected chi connectivity index (χ1v) is 8.53. The summed E-state index contributed by atoms with van der Waals surface area (Å²) in [6, 6.07) is 13.8. The van der Waals surface area contributed by atoms with Crippen LogP contribution in [0.1, 0.15) is 30.4 Å². The molecule has 0 spiro atoms. The third kappa shape index (κ3) is 2.97. The Hall–Kier alpha value is -2.82. The highest BCUT2D eigenvalue weighted by Gasteiger charge is 2.31. The SMILES string of the molecule is CC[C@H]1Oc2nc3ccccc3cc2CN(Cc2ccc(C)o2)C1=O. The van der Waals surface area contributed by atoms with Gasteiger partial charge in [0.15, 0.2) is 6.10 Å². The lowest BCUT2D eigenvalue weighted by molar-refractivity contribution is -0.139. The molecule has 0 aliphatic carbocycles. The Bertz CT molecular complexity index is 932. The number of carbonyl (C=O) groups is 1. The topological polar surface area (TPSA) is 55.6 Å². The number of benzene rings is 1. The van der Waals surface area contributed by atoms with Crippen molar-refractivity contribution in [1.29, 1.82) is 0 Å². The van der Waals surface area contributed by atoms with Crippen molar-refractivity contribution in [2.45, 2.75) is 39.5 Å². The molecule has 25 heavy (non-hydrogen) atoms. The fourth-order valence-electron chi connectivity index (χ4n) is 3.18. The first-order valence-electron chi connectivity index (χ1n) is 8.53. The van der Waals surface area contributed by atoms with Gasteiger partial charge in [0.25, 0.3) is 5.91 Å². The highest BCUT2D eigenvalue weighted by atomic mass is 16.5.